The molecule has 0 amide bonds. The maximum Gasteiger partial charge on any atom is 0.325 e. The molecule has 0 aromatic rings. The first-order valence-corrected chi connectivity index (χ1v) is 3.63. The number of carbonyl (C=O) groups is 2. The number of rotatable bonds is 1. The van der Waals surface area contributed by atoms with Crippen LogP contribution < -0.4 is 0 Å². The lowest BCUT2D eigenvalue weighted by Crippen LogP contribution is -2.20. The molecule has 0 N–H and O–H groups in total. The fraction of sp³-hybridized carbons (Fsp3) is 0.500. The molecule has 0 aromatic heterocycles. The highest BCUT2D eigenvalue weighted by Gasteiger charge is 2.37. The number of ether oxygens (including phenoxy) is 2. The van der Waals surface area contributed by atoms with Crippen LogP contribution in [0.25, 0.3) is 0 Å². The Morgan fingerprint density at radius 2 is 2.42 bits per heavy atom. The molecule has 1 unspecified atom stereocenters. The average Bonchev–Trinajstić information content (AvgIpc) is 2.45. The van der Waals surface area contributed by atoms with Crippen LogP contribution in [0.2, 0.25) is 0 Å². The van der Waals surface area contributed by atoms with Crippen LogP contribution in [0.1, 0.15) is 13.3 Å². The summed E-state index contributed by atoms with van der Waals surface area (Å²) < 4.78 is 9.20. The van der Waals surface area contributed by atoms with E-state index in [9.17, 15) is 9.59 Å². The summed E-state index contributed by atoms with van der Waals surface area (Å²) in [7, 11) is 1.25. The normalized spacial score (nSPS) is 25.7. The molecule has 0 aliphatic carbocycles. The molecule has 0 aromatic carbocycles. The van der Waals surface area contributed by atoms with Crippen molar-refractivity contribution < 1.29 is 19.1 Å². The third-order valence-corrected chi connectivity index (χ3v) is 1.73. The van der Waals surface area contributed by atoms with Crippen LogP contribution in [0, 0.1) is 5.92 Å². The number of allylic oxidation sites excluding steroid dienone is 2. The maximum atomic E-state index is 11.0. The van der Waals surface area contributed by atoms with E-state index in [0.717, 1.165) is 0 Å². The van der Waals surface area contributed by atoms with Gasteiger partial charge in [0.2, 0.25) is 0 Å². The zero-order chi connectivity index (χ0) is 9.14. The summed E-state index contributed by atoms with van der Waals surface area (Å²) in [5.74, 6) is -1.27. The second-order valence-corrected chi connectivity index (χ2v) is 2.46. The van der Waals surface area contributed by atoms with Gasteiger partial charge < -0.3 is 9.47 Å². The molecule has 1 rings (SSSR count). The van der Waals surface area contributed by atoms with Gasteiger partial charge in [-0.05, 0) is 13.0 Å². The van der Waals surface area contributed by atoms with Crippen molar-refractivity contribution in [3.8, 4) is 0 Å². The van der Waals surface area contributed by atoms with Gasteiger partial charge in [-0.1, -0.05) is 0 Å². The molecule has 4 heteroatoms. The van der Waals surface area contributed by atoms with E-state index in [0.29, 0.717) is 12.2 Å². The van der Waals surface area contributed by atoms with E-state index in [1.165, 1.54) is 7.11 Å². The average molecular weight is 170 g/mol. The predicted octanol–water partition coefficient (Wildman–Crippen LogP) is 0.626. The number of hydrogen-bond donors (Lipinski definition) is 0. The number of cyclic esters (lactones) is 1. The SMILES string of the molecule is C/C=C1\CC(C(=O)OC)C(=O)O1. The highest BCUT2D eigenvalue weighted by Crippen LogP contribution is 2.24. The number of hydrogen-bond acceptors (Lipinski definition) is 4. The topological polar surface area (TPSA) is 52.6 Å². The first-order chi connectivity index (χ1) is 5.69. The molecule has 1 heterocycles. The third-order valence-electron chi connectivity index (χ3n) is 1.73. The molecule has 66 valence electrons. The summed E-state index contributed by atoms with van der Waals surface area (Å²) in [6, 6.07) is 0. The zero-order valence-corrected chi connectivity index (χ0v) is 6.99. The van der Waals surface area contributed by atoms with Crippen molar-refractivity contribution in [3.05, 3.63) is 11.8 Å². The van der Waals surface area contributed by atoms with E-state index in [-0.39, 0.29) is 0 Å². The molecule has 1 saturated heterocycles. The van der Waals surface area contributed by atoms with Crippen molar-refractivity contribution in [2.24, 2.45) is 5.92 Å². The van der Waals surface area contributed by atoms with Gasteiger partial charge in [0.05, 0.1) is 7.11 Å². The quantitative estimate of drug-likeness (QED) is 0.427. The Morgan fingerprint density at radius 3 is 2.83 bits per heavy atom. The Morgan fingerprint density at radius 1 is 1.75 bits per heavy atom. The van der Waals surface area contributed by atoms with Crippen LogP contribution in [0.4, 0.5) is 0 Å². The van der Waals surface area contributed by atoms with Gasteiger partial charge in [0.1, 0.15) is 5.76 Å². The van der Waals surface area contributed by atoms with Crippen LogP contribution in [0.15, 0.2) is 11.8 Å². The molecule has 0 bridgehead atoms. The Labute approximate surface area is 70.1 Å². The van der Waals surface area contributed by atoms with Crippen LogP contribution in [0.3, 0.4) is 0 Å². The van der Waals surface area contributed by atoms with Gasteiger partial charge in [-0.3, -0.25) is 9.59 Å². The molecule has 1 atom stereocenters. The highest BCUT2D eigenvalue weighted by molar-refractivity contribution is 5.97. The van der Waals surface area contributed by atoms with Gasteiger partial charge in [-0.25, -0.2) is 0 Å². The standard InChI is InChI=1S/C8H10O4/c1-3-5-4-6(7(9)11-2)8(10)12-5/h3,6H,4H2,1-2H3/b5-3+. The molecular formula is C8H10O4. The summed E-state index contributed by atoms with van der Waals surface area (Å²) in [5, 5.41) is 0. The molecule has 0 saturated carbocycles. The van der Waals surface area contributed by atoms with Crippen LogP contribution in [-0.2, 0) is 19.1 Å². The number of methoxy groups -OCH3 is 1. The Hall–Kier alpha value is -1.32. The fourth-order valence-corrected chi connectivity index (χ4v) is 1.03. The van der Waals surface area contributed by atoms with E-state index >= 15 is 0 Å². The first kappa shape index (κ1) is 8.77. The van der Waals surface area contributed by atoms with Gasteiger partial charge in [0, 0.05) is 6.42 Å². The minimum absolute atomic E-state index is 0.321. The lowest BCUT2D eigenvalue weighted by Gasteiger charge is -1.99. The predicted molar refractivity (Wildman–Crippen MR) is 40.0 cm³/mol. The van der Waals surface area contributed by atoms with Crippen LogP contribution >= 0.6 is 0 Å². The van der Waals surface area contributed by atoms with Gasteiger partial charge >= 0.3 is 11.9 Å². The van der Waals surface area contributed by atoms with Crippen molar-refractivity contribution >= 4 is 11.9 Å². The van der Waals surface area contributed by atoms with E-state index in [2.05, 4.69) is 4.74 Å². The third kappa shape index (κ3) is 1.47. The van der Waals surface area contributed by atoms with Gasteiger partial charge in [0.25, 0.3) is 0 Å². The smallest absolute Gasteiger partial charge is 0.325 e. The van der Waals surface area contributed by atoms with E-state index < -0.39 is 17.9 Å². The summed E-state index contributed by atoms with van der Waals surface area (Å²) in [4.78, 5) is 21.9. The molecule has 1 fully saturated rings. The van der Waals surface area contributed by atoms with E-state index in [1.54, 1.807) is 13.0 Å². The second kappa shape index (κ2) is 3.38. The van der Waals surface area contributed by atoms with Gasteiger partial charge in [-0.15, -0.1) is 0 Å². The van der Waals surface area contributed by atoms with Crippen molar-refractivity contribution in [1.29, 1.82) is 0 Å². The lowest BCUT2D eigenvalue weighted by atomic mass is 10.1. The first-order valence-electron chi connectivity index (χ1n) is 3.63. The molecule has 4 nitrogen and oxygen atoms in total. The summed E-state index contributed by atoms with van der Waals surface area (Å²) in [6.45, 7) is 1.75. The minimum atomic E-state index is -0.763. The van der Waals surface area contributed by atoms with Crippen molar-refractivity contribution in [2.45, 2.75) is 13.3 Å². The van der Waals surface area contributed by atoms with E-state index in [1.807, 2.05) is 0 Å². The lowest BCUT2D eigenvalue weighted by molar-refractivity contribution is -0.153. The molecule has 12 heavy (non-hydrogen) atoms. The molecular weight excluding hydrogens is 160 g/mol. The van der Waals surface area contributed by atoms with Crippen molar-refractivity contribution in [3.63, 3.8) is 0 Å². The minimum Gasteiger partial charge on any atom is -0.468 e. The maximum absolute atomic E-state index is 11.0. The van der Waals surface area contributed by atoms with Crippen molar-refractivity contribution in [1.82, 2.24) is 0 Å². The summed E-state index contributed by atoms with van der Waals surface area (Å²) in [5.41, 5.74) is 0. The highest BCUT2D eigenvalue weighted by atomic mass is 16.6. The Kier molecular flexibility index (Phi) is 2.47. The van der Waals surface area contributed by atoms with Crippen molar-refractivity contribution in [2.75, 3.05) is 7.11 Å². The van der Waals surface area contributed by atoms with Gasteiger partial charge in [-0.2, -0.15) is 0 Å². The largest absolute Gasteiger partial charge is 0.468 e. The number of esters is 2. The second-order valence-electron chi connectivity index (χ2n) is 2.46. The Bertz CT molecular complexity index is 241. The fourth-order valence-electron chi connectivity index (χ4n) is 1.03. The number of carbonyl (C=O) groups excluding carboxylic acids is 2. The molecule has 1 aliphatic heterocycles. The Balaban J connectivity index is 2.70. The summed E-state index contributed by atoms with van der Waals surface area (Å²) >= 11 is 0. The monoisotopic (exact) mass is 170 g/mol. The van der Waals surface area contributed by atoms with Gasteiger partial charge in [0.15, 0.2) is 5.92 Å². The molecule has 0 spiro atoms. The van der Waals surface area contributed by atoms with E-state index in [4.69, 9.17) is 4.74 Å². The van der Waals surface area contributed by atoms with Crippen LogP contribution in [-0.4, -0.2) is 19.0 Å². The summed E-state index contributed by atoms with van der Waals surface area (Å²) in [6.07, 6.45) is 1.99. The molecule has 1 aliphatic rings. The molecule has 0 radical (unpaired) electrons. The zero-order valence-electron chi connectivity index (χ0n) is 6.99. The van der Waals surface area contributed by atoms with Crippen LogP contribution in [0.5, 0.6) is 0 Å².